The number of benzene rings is 1. The zero-order chi connectivity index (χ0) is 19.6. The summed E-state index contributed by atoms with van der Waals surface area (Å²) in [6.07, 6.45) is 2.65. The highest BCUT2D eigenvalue weighted by atomic mass is 35.5. The van der Waals surface area contributed by atoms with E-state index in [1.54, 1.807) is 0 Å². The molecule has 2 unspecified atom stereocenters. The Bertz CT molecular complexity index is 1080. The molecule has 0 spiro atoms. The van der Waals surface area contributed by atoms with Gasteiger partial charge in [-0.3, -0.25) is 0 Å². The number of aromatic nitrogens is 4. The van der Waals surface area contributed by atoms with Crippen molar-refractivity contribution in [1.29, 1.82) is 0 Å². The monoisotopic (exact) mass is 402 g/mol. The maximum absolute atomic E-state index is 15.1. The Morgan fingerprint density at radius 3 is 2.82 bits per heavy atom. The number of nitrogens with zero attached hydrogens (tertiary/aromatic N) is 5. The van der Waals surface area contributed by atoms with E-state index < -0.39 is 5.82 Å². The third-order valence-electron chi connectivity index (χ3n) is 5.44. The first-order chi connectivity index (χ1) is 13.4. The molecule has 7 nitrogen and oxygen atoms in total. The molecule has 2 fully saturated rings. The molecule has 2 N–H and O–H groups in total. The van der Waals surface area contributed by atoms with Gasteiger partial charge >= 0.3 is 0 Å². The Hall–Kier alpha value is -2.45. The van der Waals surface area contributed by atoms with Gasteiger partial charge in [-0.2, -0.15) is 0 Å². The van der Waals surface area contributed by atoms with Crippen LogP contribution in [-0.2, 0) is 4.74 Å². The fourth-order valence-electron chi connectivity index (χ4n) is 4.22. The van der Waals surface area contributed by atoms with Gasteiger partial charge in [-0.25, -0.2) is 19.3 Å². The fourth-order valence-corrected chi connectivity index (χ4v) is 4.42. The van der Waals surface area contributed by atoms with Crippen molar-refractivity contribution in [2.24, 2.45) is 0 Å². The third kappa shape index (κ3) is 2.62. The Morgan fingerprint density at radius 1 is 1.32 bits per heavy atom. The second kappa shape index (κ2) is 6.28. The molecule has 9 heteroatoms. The number of ether oxygens (including phenoxy) is 1. The number of nitrogen functional groups attached to an aromatic ring is 1. The molecule has 4 heterocycles. The van der Waals surface area contributed by atoms with E-state index in [1.807, 2.05) is 6.07 Å². The van der Waals surface area contributed by atoms with Gasteiger partial charge in [0.05, 0.1) is 41.2 Å². The Balaban J connectivity index is 1.71. The molecule has 3 aromatic rings. The summed E-state index contributed by atoms with van der Waals surface area (Å²) in [7, 11) is 0. The predicted molar refractivity (Wildman–Crippen MR) is 106 cm³/mol. The summed E-state index contributed by atoms with van der Waals surface area (Å²) < 4.78 is 22.8. The van der Waals surface area contributed by atoms with Crippen LogP contribution in [0.25, 0.3) is 22.3 Å². The first-order valence-corrected chi connectivity index (χ1v) is 9.68. The number of imidazole rings is 1. The van der Waals surface area contributed by atoms with E-state index in [4.69, 9.17) is 22.1 Å². The third-order valence-corrected chi connectivity index (χ3v) is 5.72. The molecule has 2 aliphatic heterocycles. The summed E-state index contributed by atoms with van der Waals surface area (Å²) in [6, 6.07) is 3.66. The maximum Gasteiger partial charge on any atom is 0.220 e. The van der Waals surface area contributed by atoms with Crippen molar-refractivity contribution in [1.82, 2.24) is 19.5 Å². The normalized spacial score (nSPS) is 21.4. The molecule has 0 saturated carbocycles. The van der Waals surface area contributed by atoms with E-state index in [2.05, 4.69) is 38.3 Å². The van der Waals surface area contributed by atoms with Crippen molar-refractivity contribution in [3.05, 3.63) is 29.2 Å². The number of rotatable bonds is 3. The minimum absolute atomic E-state index is 0.0889. The van der Waals surface area contributed by atoms with Gasteiger partial charge in [0.15, 0.2) is 5.82 Å². The number of hydrogen-bond acceptors (Lipinski definition) is 6. The lowest BCUT2D eigenvalue weighted by Gasteiger charge is -2.29. The van der Waals surface area contributed by atoms with Crippen LogP contribution in [0.4, 0.5) is 16.3 Å². The van der Waals surface area contributed by atoms with Gasteiger partial charge in [-0.1, -0.05) is 11.6 Å². The molecule has 5 rings (SSSR count). The quantitative estimate of drug-likeness (QED) is 0.722. The molecule has 146 valence electrons. The smallest absolute Gasteiger partial charge is 0.220 e. The number of halogens is 2. The van der Waals surface area contributed by atoms with Gasteiger partial charge in [0.2, 0.25) is 11.9 Å². The van der Waals surface area contributed by atoms with Crippen molar-refractivity contribution in [3.63, 3.8) is 0 Å². The van der Waals surface area contributed by atoms with Crippen LogP contribution in [0.2, 0.25) is 5.02 Å². The average Bonchev–Trinajstić information content (AvgIpc) is 3.36. The minimum atomic E-state index is -0.415. The van der Waals surface area contributed by atoms with Gasteiger partial charge in [-0.15, -0.1) is 0 Å². The highest BCUT2D eigenvalue weighted by Crippen LogP contribution is 2.38. The zero-order valence-electron chi connectivity index (χ0n) is 15.6. The first-order valence-electron chi connectivity index (χ1n) is 9.30. The molecule has 0 amide bonds. The molecule has 1 aromatic carbocycles. The van der Waals surface area contributed by atoms with Crippen LogP contribution in [0.15, 0.2) is 18.3 Å². The Kier molecular flexibility index (Phi) is 3.96. The lowest BCUT2D eigenvalue weighted by Crippen LogP contribution is -2.38. The zero-order valence-corrected chi connectivity index (χ0v) is 16.3. The van der Waals surface area contributed by atoms with E-state index in [-0.39, 0.29) is 24.1 Å². The van der Waals surface area contributed by atoms with Crippen molar-refractivity contribution in [2.45, 2.75) is 38.5 Å². The number of hydrogen-bond donors (Lipinski definition) is 1. The summed E-state index contributed by atoms with van der Waals surface area (Å²) in [4.78, 5) is 15.0. The lowest BCUT2D eigenvalue weighted by molar-refractivity contribution is 0.0983. The Morgan fingerprint density at radius 2 is 2.14 bits per heavy atom. The molecule has 2 aromatic heterocycles. The van der Waals surface area contributed by atoms with Gasteiger partial charge < -0.3 is 19.9 Å². The molecule has 28 heavy (non-hydrogen) atoms. The van der Waals surface area contributed by atoms with Crippen LogP contribution in [0.1, 0.15) is 26.3 Å². The van der Waals surface area contributed by atoms with Crippen molar-refractivity contribution in [3.8, 4) is 11.3 Å². The largest absolute Gasteiger partial charge is 0.374 e. The van der Waals surface area contributed by atoms with Gasteiger partial charge in [0.25, 0.3) is 0 Å². The van der Waals surface area contributed by atoms with E-state index in [9.17, 15) is 0 Å². The second-order valence-electron chi connectivity index (χ2n) is 7.62. The van der Waals surface area contributed by atoms with E-state index in [1.165, 1.54) is 12.3 Å². The molecule has 0 radical (unpaired) electrons. The highest BCUT2D eigenvalue weighted by molar-refractivity contribution is 6.33. The molecular weight excluding hydrogens is 383 g/mol. The average molecular weight is 403 g/mol. The fraction of sp³-hybridized carbons (Fsp3) is 0.421. The number of anilines is 2. The van der Waals surface area contributed by atoms with Crippen LogP contribution < -0.4 is 10.6 Å². The number of morpholine rings is 1. The SMILES string of the molecule is CC(C)n1c(N2CC3CC2CO3)nc2c(F)cc(-c3nc(N)ncc3Cl)cc21. The maximum atomic E-state index is 15.1. The molecular formula is C19H20ClFN6O. The van der Waals surface area contributed by atoms with Gasteiger partial charge in [0, 0.05) is 18.2 Å². The molecule has 2 bridgehead atoms. The topological polar surface area (TPSA) is 82.1 Å². The van der Waals surface area contributed by atoms with Crippen molar-refractivity contribution >= 4 is 34.5 Å². The molecule has 0 aliphatic carbocycles. The van der Waals surface area contributed by atoms with Crippen LogP contribution in [0.3, 0.4) is 0 Å². The predicted octanol–water partition coefficient (Wildman–Crippen LogP) is 3.43. The number of nitrogens with two attached hydrogens (primary N) is 1. The van der Waals surface area contributed by atoms with Crippen LogP contribution in [0.5, 0.6) is 0 Å². The highest BCUT2D eigenvalue weighted by Gasteiger charge is 2.41. The van der Waals surface area contributed by atoms with Crippen molar-refractivity contribution < 1.29 is 9.13 Å². The molecule has 2 aliphatic rings. The molecule has 2 saturated heterocycles. The summed E-state index contributed by atoms with van der Waals surface area (Å²) in [5, 5.41) is 0.317. The van der Waals surface area contributed by atoms with Gasteiger partial charge in [-0.05, 0) is 32.4 Å². The number of fused-ring (bicyclic) bond motifs is 3. The summed E-state index contributed by atoms with van der Waals surface area (Å²) in [5.41, 5.74) is 7.70. The summed E-state index contributed by atoms with van der Waals surface area (Å²) in [5.74, 6) is 0.457. The van der Waals surface area contributed by atoms with E-state index in [0.29, 0.717) is 33.9 Å². The van der Waals surface area contributed by atoms with Gasteiger partial charge in [0.1, 0.15) is 5.52 Å². The van der Waals surface area contributed by atoms with E-state index in [0.717, 1.165) is 18.9 Å². The standard InChI is InChI=1S/C19H20ClFN6O/c1-9(2)27-15-4-10(16-13(20)6-23-18(22)24-16)3-14(21)17(15)25-19(27)26-7-12-5-11(26)8-28-12/h3-4,6,9,11-12H,5,7-8H2,1-2H3,(H2,22,23,24). The second-order valence-corrected chi connectivity index (χ2v) is 8.03. The Labute approximate surface area is 166 Å². The first kappa shape index (κ1) is 17.6. The van der Waals surface area contributed by atoms with Crippen LogP contribution >= 0.6 is 11.6 Å². The minimum Gasteiger partial charge on any atom is -0.374 e. The van der Waals surface area contributed by atoms with Crippen LogP contribution in [0, 0.1) is 5.82 Å². The molecule has 2 atom stereocenters. The summed E-state index contributed by atoms with van der Waals surface area (Å²) >= 11 is 6.24. The summed E-state index contributed by atoms with van der Waals surface area (Å²) in [6.45, 7) is 5.60. The van der Waals surface area contributed by atoms with Crippen molar-refractivity contribution in [2.75, 3.05) is 23.8 Å². The van der Waals surface area contributed by atoms with Crippen LogP contribution in [-0.4, -0.2) is 44.8 Å². The van der Waals surface area contributed by atoms with E-state index >= 15 is 4.39 Å². The lowest BCUT2D eigenvalue weighted by atomic mass is 10.1.